The summed E-state index contributed by atoms with van der Waals surface area (Å²) in [5.41, 5.74) is 4.75. The fourth-order valence-electron chi connectivity index (χ4n) is 0.390. The third-order valence-electron chi connectivity index (χ3n) is 1.23. The number of nitrogens with zero attached hydrogens (tertiary/aromatic N) is 1. The number of hydrogen-bond donors (Lipinski definition) is 2. The Hall–Kier alpha value is -0.770. The average Bonchev–Trinajstić information content (AvgIpc) is 1.84. The van der Waals surface area contributed by atoms with E-state index in [1.54, 1.807) is 6.92 Å². The summed E-state index contributed by atoms with van der Waals surface area (Å²) in [5, 5.41) is 9.28. The molecular weight excluding hydrogens is 120 g/mol. The van der Waals surface area contributed by atoms with Gasteiger partial charge in [0.15, 0.2) is 0 Å². The summed E-state index contributed by atoms with van der Waals surface area (Å²) in [6, 6.07) is -0.994. The van der Waals surface area contributed by atoms with Crippen molar-refractivity contribution in [1.29, 1.82) is 0 Å². The Morgan fingerprint density at radius 3 is 2.44 bits per heavy atom. The molecule has 4 nitrogen and oxygen atoms in total. The fourth-order valence-corrected chi connectivity index (χ4v) is 0.390. The molecule has 0 bridgehead atoms. The van der Waals surface area contributed by atoms with Gasteiger partial charge >= 0.3 is 6.03 Å². The van der Waals surface area contributed by atoms with E-state index in [1.165, 1.54) is 0 Å². The molecular formula is C5H12N2O2. The molecule has 0 aromatic rings. The van der Waals surface area contributed by atoms with Gasteiger partial charge in [-0.3, -0.25) is 5.21 Å². The lowest BCUT2D eigenvalue weighted by molar-refractivity contribution is -0.0702. The number of carbonyl (C=O) groups excluding carboxylic acids is 1. The summed E-state index contributed by atoms with van der Waals surface area (Å²) in [6.45, 7) is 3.57. The van der Waals surface area contributed by atoms with E-state index >= 15 is 0 Å². The van der Waals surface area contributed by atoms with E-state index in [2.05, 4.69) is 0 Å². The maximum absolute atomic E-state index is 10.2. The first-order valence-electron chi connectivity index (χ1n) is 2.87. The molecule has 9 heavy (non-hydrogen) atoms. The monoisotopic (exact) mass is 132 g/mol. The third-order valence-corrected chi connectivity index (χ3v) is 1.23. The van der Waals surface area contributed by atoms with Gasteiger partial charge in [0.25, 0.3) is 0 Å². The second-order valence-electron chi connectivity index (χ2n) is 1.94. The minimum absolute atomic E-state index is 0.192. The van der Waals surface area contributed by atoms with Crippen LogP contribution in [-0.2, 0) is 0 Å². The van der Waals surface area contributed by atoms with Crippen LogP contribution in [0.25, 0.3) is 0 Å². The zero-order chi connectivity index (χ0) is 7.44. The smallest absolute Gasteiger partial charge is 0.338 e. The molecule has 0 radical (unpaired) electrons. The lowest BCUT2D eigenvalue weighted by atomic mass is 10.3. The molecule has 54 valence electrons. The highest BCUT2D eigenvalue weighted by Crippen LogP contribution is 1.97. The lowest BCUT2D eigenvalue weighted by Gasteiger charge is -2.17. The summed E-state index contributed by atoms with van der Waals surface area (Å²) in [7, 11) is 0. The molecule has 0 aliphatic rings. The maximum Gasteiger partial charge on any atom is 0.338 e. The number of primary amides is 1. The molecule has 3 N–H and O–H groups in total. The standard InChI is InChI=1S/C5H12N2O2/c1-3-4(2)7(9)5(6)8/h4,9H,3H2,1-2H3,(H2,6,8). The van der Waals surface area contributed by atoms with E-state index in [4.69, 9.17) is 10.9 Å². The lowest BCUT2D eigenvalue weighted by Crippen LogP contribution is -2.39. The number of amides is 2. The van der Waals surface area contributed by atoms with Crippen molar-refractivity contribution < 1.29 is 10.0 Å². The van der Waals surface area contributed by atoms with Gasteiger partial charge in [-0.25, -0.2) is 9.86 Å². The van der Waals surface area contributed by atoms with Crippen LogP contribution in [0.15, 0.2) is 0 Å². The molecule has 0 saturated heterocycles. The number of rotatable bonds is 2. The topological polar surface area (TPSA) is 66.6 Å². The molecule has 0 spiro atoms. The quantitative estimate of drug-likeness (QED) is 0.425. The minimum Gasteiger partial charge on any atom is -0.350 e. The van der Waals surface area contributed by atoms with E-state index in [9.17, 15) is 4.79 Å². The highest BCUT2D eigenvalue weighted by Gasteiger charge is 2.11. The molecule has 2 amide bonds. The molecule has 0 heterocycles. The second kappa shape index (κ2) is 3.29. The third kappa shape index (κ3) is 2.32. The molecule has 0 saturated carbocycles. The van der Waals surface area contributed by atoms with Crippen LogP contribution in [0, 0.1) is 0 Å². The first-order valence-corrected chi connectivity index (χ1v) is 2.87. The van der Waals surface area contributed by atoms with Crippen LogP contribution in [0.2, 0.25) is 0 Å². The van der Waals surface area contributed by atoms with Crippen LogP contribution >= 0.6 is 0 Å². The van der Waals surface area contributed by atoms with Crippen molar-refractivity contribution >= 4 is 6.03 Å². The molecule has 0 aliphatic carbocycles. The summed E-state index contributed by atoms with van der Waals surface area (Å²) < 4.78 is 0. The molecule has 0 fully saturated rings. The van der Waals surface area contributed by atoms with Crippen molar-refractivity contribution in [3.63, 3.8) is 0 Å². The normalized spacial score (nSPS) is 12.8. The van der Waals surface area contributed by atoms with Crippen LogP contribution in [0.5, 0.6) is 0 Å². The predicted molar refractivity (Wildman–Crippen MR) is 33.0 cm³/mol. The SMILES string of the molecule is CCC(C)N(O)C(N)=O. The van der Waals surface area contributed by atoms with E-state index < -0.39 is 6.03 Å². The highest BCUT2D eigenvalue weighted by atomic mass is 16.5. The van der Waals surface area contributed by atoms with Gasteiger partial charge < -0.3 is 5.73 Å². The molecule has 1 unspecified atom stereocenters. The first kappa shape index (κ1) is 8.23. The minimum atomic E-state index is -0.802. The van der Waals surface area contributed by atoms with E-state index in [0.717, 1.165) is 0 Å². The Bertz CT molecular complexity index is 105. The number of hydrogen-bond acceptors (Lipinski definition) is 2. The van der Waals surface area contributed by atoms with Crippen molar-refractivity contribution in [2.24, 2.45) is 5.73 Å². The van der Waals surface area contributed by atoms with E-state index in [1.807, 2.05) is 6.92 Å². The highest BCUT2D eigenvalue weighted by molar-refractivity contribution is 5.70. The Balaban J connectivity index is 3.72. The van der Waals surface area contributed by atoms with Gasteiger partial charge in [0.2, 0.25) is 0 Å². The molecule has 0 aliphatic heterocycles. The fraction of sp³-hybridized carbons (Fsp3) is 0.800. The number of hydroxylamine groups is 2. The van der Waals surface area contributed by atoms with Crippen molar-refractivity contribution in [2.75, 3.05) is 0 Å². The average molecular weight is 132 g/mol. The van der Waals surface area contributed by atoms with Gasteiger partial charge in [-0.05, 0) is 13.3 Å². The second-order valence-corrected chi connectivity index (χ2v) is 1.94. The van der Waals surface area contributed by atoms with Crippen LogP contribution in [0.3, 0.4) is 0 Å². The Morgan fingerprint density at radius 1 is 1.89 bits per heavy atom. The summed E-state index contributed by atoms with van der Waals surface area (Å²) in [4.78, 5) is 10.2. The van der Waals surface area contributed by atoms with Crippen LogP contribution in [0.1, 0.15) is 20.3 Å². The number of carbonyl (C=O) groups is 1. The zero-order valence-electron chi connectivity index (χ0n) is 5.66. The van der Waals surface area contributed by atoms with Crippen molar-refractivity contribution in [3.05, 3.63) is 0 Å². The Labute approximate surface area is 54.2 Å². The van der Waals surface area contributed by atoms with Gasteiger partial charge in [0.1, 0.15) is 0 Å². The number of urea groups is 1. The molecule has 0 aromatic carbocycles. The predicted octanol–water partition coefficient (Wildman–Crippen LogP) is 0.555. The van der Waals surface area contributed by atoms with Crippen molar-refractivity contribution in [2.45, 2.75) is 26.3 Å². The van der Waals surface area contributed by atoms with Gasteiger partial charge in [-0.2, -0.15) is 0 Å². The molecule has 0 rings (SSSR count). The Morgan fingerprint density at radius 2 is 2.33 bits per heavy atom. The van der Waals surface area contributed by atoms with Gasteiger partial charge in [0, 0.05) is 0 Å². The number of nitrogens with two attached hydrogens (primary N) is 1. The van der Waals surface area contributed by atoms with Gasteiger partial charge in [0.05, 0.1) is 6.04 Å². The van der Waals surface area contributed by atoms with Crippen molar-refractivity contribution in [3.8, 4) is 0 Å². The first-order chi connectivity index (χ1) is 4.09. The molecule has 1 atom stereocenters. The zero-order valence-corrected chi connectivity index (χ0v) is 5.66. The molecule has 0 aromatic heterocycles. The van der Waals surface area contributed by atoms with Crippen LogP contribution < -0.4 is 5.73 Å². The van der Waals surface area contributed by atoms with E-state index in [0.29, 0.717) is 11.5 Å². The maximum atomic E-state index is 10.2. The van der Waals surface area contributed by atoms with E-state index in [-0.39, 0.29) is 6.04 Å². The van der Waals surface area contributed by atoms with Crippen LogP contribution in [-0.4, -0.2) is 22.3 Å². The summed E-state index contributed by atoms with van der Waals surface area (Å²) in [5.74, 6) is 0. The summed E-state index contributed by atoms with van der Waals surface area (Å²) >= 11 is 0. The van der Waals surface area contributed by atoms with Gasteiger partial charge in [-0.15, -0.1) is 0 Å². The Kier molecular flexibility index (Phi) is 3.01. The van der Waals surface area contributed by atoms with Crippen LogP contribution in [0.4, 0.5) is 4.79 Å². The molecule has 4 heteroatoms. The summed E-state index contributed by atoms with van der Waals surface area (Å²) in [6.07, 6.45) is 0.694. The van der Waals surface area contributed by atoms with Crippen molar-refractivity contribution in [1.82, 2.24) is 5.06 Å². The largest absolute Gasteiger partial charge is 0.350 e. The van der Waals surface area contributed by atoms with Gasteiger partial charge in [-0.1, -0.05) is 6.92 Å².